The van der Waals surface area contributed by atoms with Gasteiger partial charge in [0.25, 0.3) is 0 Å². The molecule has 2 heterocycles. The Labute approximate surface area is 140 Å². The minimum absolute atomic E-state index is 0. The molecule has 0 aliphatic rings. The lowest BCUT2D eigenvalue weighted by atomic mass is 10.2. The first-order chi connectivity index (χ1) is 10.1. The molecule has 3 rings (SSSR count). The molecule has 0 amide bonds. The molecule has 0 atom stereocenters. The van der Waals surface area contributed by atoms with Gasteiger partial charge < -0.3 is 0 Å². The van der Waals surface area contributed by atoms with Gasteiger partial charge in [-0.05, 0) is 43.8 Å². The number of nitrogens with zero attached hydrogens (tertiary/aromatic N) is 4. The zero-order valence-corrected chi connectivity index (χ0v) is 14.1. The number of halogens is 1. The van der Waals surface area contributed by atoms with Gasteiger partial charge in [0.2, 0.25) is 0 Å². The Morgan fingerprint density at radius 2 is 1.86 bits per heavy atom. The molecule has 0 aliphatic carbocycles. The van der Waals surface area contributed by atoms with Gasteiger partial charge in [0.1, 0.15) is 5.82 Å². The normalized spacial score (nSPS) is 10.5. The fourth-order valence-corrected chi connectivity index (χ4v) is 2.52. The summed E-state index contributed by atoms with van der Waals surface area (Å²) in [5.74, 6) is 0.914. The van der Waals surface area contributed by atoms with E-state index in [1.165, 1.54) is 5.56 Å². The quantitative estimate of drug-likeness (QED) is 0.743. The number of aryl methyl sites for hydroxylation is 4. The molecule has 2 aromatic heterocycles. The van der Waals surface area contributed by atoms with E-state index < -0.39 is 0 Å². The fourth-order valence-electron chi connectivity index (χ4n) is 2.26. The van der Waals surface area contributed by atoms with E-state index in [2.05, 4.69) is 46.5 Å². The molecule has 0 bridgehead atoms. The molecule has 22 heavy (non-hydrogen) atoms. The number of rotatable bonds is 4. The van der Waals surface area contributed by atoms with Crippen LogP contribution in [-0.4, -0.2) is 24.5 Å². The average Bonchev–Trinajstić information content (AvgIpc) is 3.04. The van der Waals surface area contributed by atoms with Crippen molar-refractivity contribution < 1.29 is 0 Å². The number of nitrogens with one attached hydrogen (secondary N) is 1. The Morgan fingerprint density at radius 1 is 1.14 bits per heavy atom. The second-order valence-electron chi connectivity index (χ2n) is 5.15. The van der Waals surface area contributed by atoms with Gasteiger partial charge in [0, 0.05) is 24.8 Å². The van der Waals surface area contributed by atoms with Crippen molar-refractivity contribution in [3.8, 4) is 5.69 Å². The van der Waals surface area contributed by atoms with Crippen molar-refractivity contribution in [2.75, 3.05) is 0 Å². The van der Waals surface area contributed by atoms with Gasteiger partial charge in [-0.1, -0.05) is 17.7 Å². The van der Waals surface area contributed by atoms with Crippen molar-refractivity contribution in [1.29, 1.82) is 0 Å². The van der Waals surface area contributed by atoms with Crippen molar-refractivity contribution in [1.82, 2.24) is 24.5 Å². The Kier molecular flexibility index (Phi) is 5.15. The molecular formula is C15H18ClN5S. The molecule has 0 spiro atoms. The molecule has 0 saturated heterocycles. The summed E-state index contributed by atoms with van der Waals surface area (Å²) in [6.45, 7) is 4.88. The minimum Gasteiger partial charge on any atom is -0.272 e. The van der Waals surface area contributed by atoms with Crippen LogP contribution in [0.15, 0.2) is 36.7 Å². The van der Waals surface area contributed by atoms with E-state index in [0.29, 0.717) is 4.77 Å². The average molecular weight is 336 g/mol. The number of aromatic amines is 1. The molecule has 0 unspecified atom stereocenters. The number of benzene rings is 1. The molecule has 116 valence electrons. The molecule has 0 aliphatic heterocycles. The summed E-state index contributed by atoms with van der Waals surface area (Å²) in [7, 11) is 0. The van der Waals surface area contributed by atoms with Crippen molar-refractivity contribution in [3.63, 3.8) is 0 Å². The van der Waals surface area contributed by atoms with E-state index in [9.17, 15) is 0 Å². The van der Waals surface area contributed by atoms with Crippen LogP contribution in [0.2, 0.25) is 0 Å². The Hall–Kier alpha value is -1.92. The Bertz CT molecular complexity index is 800. The standard InChI is InChI=1S/C15H17N5S.ClH/c1-11-3-5-13(6-4-11)20-14(17-18-15(20)21)7-8-19-10-12(2)9-16-19;/h3-6,9-10H,7-8H2,1-2H3,(H,18,21);1H. The van der Waals surface area contributed by atoms with Crippen molar-refractivity contribution in [2.45, 2.75) is 26.8 Å². The molecule has 3 aromatic rings. The molecular weight excluding hydrogens is 318 g/mol. The zero-order valence-electron chi connectivity index (χ0n) is 12.5. The number of hydrogen-bond acceptors (Lipinski definition) is 3. The summed E-state index contributed by atoms with van der Waals surface area (Å²) in [4.78, 5) is 0. The van der Waals surface area contributed by atoms with Crippen LogP contribution in [0.25, 0.3) is 5.69 Å². The summed E-state index contributed by atoms with van der Waals surface area (Å²) in [6.07, 6.45) is 4.65. The molecule has 5 nitrogen and oxygen atoms in total. The number of aromatic nitrogens is 5. The minimum atomic E-state index is 0. The van der Waals surface area contributed by atoms with Crippen LogP contribution in [0.5, 0.6) is 0 Å². The maximum atomic E-state index is 5.35. The zero-order chi connectivity index (χ0) is 14.8. The number of H-pyrrole nitrogens is 1. The van der Waals surface area contributed by atoms with Crippen molar-refractivity contribution in [2.24, 2.45) is 0 Å². The van der Waals surface area contributed by atoms with E-state index in [4.69, 9.17) is 12.2 Å². The highest BCUT2D eigenvalue weighted by Gasteiger charge is 2.08. The molecule has 0 saturated carbocycles. The lowest BCUT2D eigenvalue weighted by molar-refractivity contribution is 0.594. The van der Waals surface area contributed by atoms with E-state index in [0.717, 1.165) is 30.0 Å². The predicted molar refractivity (Wildman–Crippen MR) is 91.4 cm³/mol. The van der Waals surface area contributed by atoms with E-state index >= 15 is 0 Å². The lowest BCUT2D eigenvalue weighted by Crippen LogP contribution is -2.07. The Morgan fingerprint density at radius 3 is 2.50 bits per heavy atom. The van der Waals surface area contributed by atoms with Gasteiger partial charge in [-0.2, -0.15) is 10.2 Å². The second kappa shape index (κ2) is 6.89. The molecule has 0 fully saturated rings. The topological polar surface area (TPSA) is 51.4 Å². The first-order valence-corrected chi connectivity index (χ1v) is 7.27. The van der Waals surface area contributed by atoms with Gasteiger partial charge in [0.05, 0.1) is 6.20 Å². The second-order valence-corrected chi connectivity index (χ2v) is 5.53. The largest absolute Gasteiger partial charge is 0.272 e. The van der Waals surface area contributed by atoms with Crippen LogP contribution < -0.4 is 0 Å². The summed E-state index contributed by atoms with van der Waals surface area (Å²) in [6, 6.07) is 8.26. The summed E-state index contributed by atoms with van der Waals surface area (Å²) < 4.78 is 4.52. The van der Waals surface area contributed by atoms with Gasteiger partial charge in [-0.25, -0.2) is 0 Å². The summed E-state index contributed by atoms with van der Waals surface area (Å²) in [5.41, 5.74) is 3.42. The summed E-state index contributed by atoms with van der Waals surface area (Å²) in [5, 5.41) is 11.5. The highest BCUT2D eigenvalue weighted by molar-refractivity contribution is 7.71. The van der Waals surface area contributed by atoms with Gasteiger partial charge >= 0.3 is 0 Å². The van der Waals surface area contributed by atoms with Crippen molar-refractivity contribution >= 4 is 24.6 Å². The van der Waals surface area contributed by atoms with Crippen LogP contribution in [0, 0.1) is 18.6 Å². The van der Waals surface area contributed by atoms with Gasteiger partial charge in [0.15, 0.2) is 4.77 Å². The maximum Gasteiger partial charge on any atom is 0.199 e. The SMILES string of the molecule is Cc1ccc(-n2c(CCn3cc(C)cn3)n[nH]c2=S)cc1.Cl. The van der Waals surface area contributed by atoms with Crippen molar-refractivity contribution in [3.05, 3.63) is 58.4 Å². The first-order valence-electron chi connectivity index (χ1n) is 6.86. The molecule has 7 heteroatoms. The predicted octanol–water partition coefficient (Wildman–Crippen LogP) is 3.41. The van der Waals surface area contributed by atoms with Crippen LogP contribution in [-0.2, 0) is 13.0 Å². The third-order valence-corrected chi connectivity index (χ3v) is 3.63. The van der Waals surface area contributed by atoms with Crippen LogP contribution in [0.1, 0.15) is 17.0 Å². The fraction of sp³-hybridized carbons (Fsp3) is 0.267. The first kappa shape index (κ1) is 16.5. The van der Waals surface area contributed by atoms with E-state index in [-0.39, 0.29) is 12.4 Å². The van der Waals surface area contributed by atoms with Gasteiger partial charge in [-0.3, -0.25) is 14.3 Å². The van der Waals surface area contributed by atoms with Crippen LogP contribution in [0.4, 0.5) is 0 Å². The smallest absolute Gasteiger partial charge is 0.199 e. The highest BCUT2D eigenvalue weighted by Crippen LogP contribution is 2.13. The van der Waals surface area contributed by atoms with E-state index in [1.54, 1.807) is 0 Å². The van der Waals surface area contributed by atoms with Crippen LogP contribution in [0.3, 0.4) is 0 Å². The molecule has 0 radical (unpaired) electrons. The third kappa shape index (κ3) is 3.45. The summed E-state index contributed by atoms with van der Waals surface area (Å²) >= 11 is 5.35. The van der Waals surface area contributed by atoms with Crippen LogP contribution >= 0.6 is 24.6 Å². The maximum absolute atomic E-state index is 5.35. The third-order valence-electron chi connectivity index (χ3n) is 3.36. The van der Waals surface area contributed by atoms with Gasteiger partial charge in [-0.15, -0.1) is 12.4 Å². The monoisotopic (exact) mass is 335 g/mol. The van der Waals surface area contributed by atoms with E-state index in [1.807, 2.05) is 28.6 Å². The number of hydrogen-bond donors (Lipinski definition) is 1. The Balaban J connectivity index is 0.00000176. The lowest BCUT2D eigenvalue weighted by Gasteiger charge is -2.07. The molecule has 1 aromatic carbocycles. The molecule has 1 N–H and O–H groups in total. The highest BCUT2D eigenvalue weighted by atomic mass is 35.5.